The average Bonchev–Trinajstić information content (AvgIpc) is 3.02. The van der Waals surface area contributed by atoms with Crippen LogP contribution in [0.25, 0.3) is 5.57 Å². The smallest absolute Gasteiger partial charge is 0.278 e. The van der Waals surface area contributed by atoms with E-state index in [-0.39, 0.29) is 24.1 Å². The molecule has 0 atom stereocenters. The van der Waals surface area contributed by atoms with Crippen molar-refractivity contribution in [3.05, 3.63) is 105 Å². The number of benzene rings is 3. The highest BCUT2D eigenvalue weighted by Crippen LogP contribution is 2.33. The standard InChI is InChI=1S/C28H27ClN2O2/c1-17(2)20-11-13-23(14-12-20)30-26-25(21-10-9-18(3)19(4)15-21)27(32)31(28(26)33)16-22-7-5-6-8-24(22)29/h5-15,17,30H,16H2,1-4H3. The molecule has 4 nitrogen and oxygen atoms in total. The summed E-state index contributed by atoms with van der Waals surface area (Å²) in [6.45, 7) is 8.40. The summed E-state index contributed by atoms with van der Waals surface area (Å²) in [7, 11) is 0. The van der Waals surface area contributed by atoms with Gasteiger partial charge in [-0.15, -0.1) is 0 Å². The molecule has 4 rings (SSSR count). The van der Waals surface area contributed by atoms with Gasteiger partial charge in [0.25, 0.3) is 11.8 Å². The number of rotatable bonds is 6. The maximum atomic E-state index is 13.5. The van der Waals surface area contributed by atoms with Crippen molar-refractivity contribution in [1.29, 1.82) is 0 Å². The summed E-state index contributed by atoms with van der Waals surface area (Å²) in [6, 6.07) is 21.0. The van der Waals surface area contributed by atoms with Crippen LogP contribution >= 0.6 is 11.6 Å². The van der Waals surface area contributed by atoms with Gasteiger partial charge in [-0.05, 0) is 65.8 Å². The Balaban J connectivity index is 1.75. The second kappa shape index (κ2) is 9.24. The van der Waals surface area contributed by atoms with E-state index in [0.29, 0.717) is 16.5 Å². The molecule has 0 unspecified atom stereocenters. The van der Waals surface area contributed by atoms with Crippen LogP contribution in [0.3, 0.4) is 0 Å². The van der Waals surface area contributed by atoms with Crippen LogP contribution in [-0.4, -0.2) is 16.7 Å². The molecule has 5 heteroatoms. The number of halogens is 1. The minimum atomic E-state index is -0.360. The van der Waals surface area contributed by atoms with E-state index in [1.54, 1.807) is 6.07 Å². The Morgan fingerprint density at radius 2 is 1.58 bits per heavy atom. The molecule has 0 fully saturated rings. The van der Waals surface area contributed by atoms with Gasteiger partial charge in [0.1, 0.15) is 5.70 Å². The van der Waals surface area contributed by atoms with Crippen LogP contribution in [0.5, 0.6) is 0 Å². The molecule has 1 aliphatic rings. The van der Waals surface area contributed by atoms with Crippen LogP contribution in [0.2, 0.25) is 5.02 Å². The van der Waals surface area contributed by atoms with Gasteiger partial charge in [0.05, 0.1) is 12.1 Å². The second-order valence-corrected chi connectivity index (χ2v) is 9.15. The molecule has 33 heavy (non-hydrogen) atoms. The van der Waals surface area contributed by atoms with Crippen molar-refractivity contribution in [1.82, 2.24) is 4.90 Å². The fraction of sp³-hybridized carbons (Fsp3) is 0.214. The molecule has 0 saturated heterocycles. The Hall–Kier alpha value is -3.37. The van der Waals surface area contributed by atoms with E-state index in [1.807, 2.05) is 74.5 Å². The molecular weight excluding hydrogens is 432 g/mol. The lowest BCUT2D eigenvalue weighted by molar-refractivity contribution is -0.137. The fourth-order valence-corrected chi connectivity index (χ4v) is 4.09. The molecule has 168 valence electrons. The van der Waals surface area contributed by atoms with Crippen molar-refractivity contribution in [2.45, 2.75) is 40.2 Å². The van der Waals surface area contributed by atoms with Crippen molar-refractivity contribution in [2.24, 2.45) is 0 Å². The molecule has 0 aromatic heterocycles. The monoisotopic (exact) mass is 458 g/mol. The van der Waals surface area contributed by atoms with Crippen molar-refractivity contribution < 1.29 is 9.59 Å². The van der Waals surface area contributed by atoms with Gasteiger partial charge in [0.2, 0.25) is 0 Å². The summed E-state index contributed by atoms with van der Waals surface area (Å²) in [6.07, 6.45) is 0. The Kier molecular flexibility index (Phi) is 6.39. The number of carbonyl (C=O) groups excluding carboxylic acids is 2. The SMILES string of the molecule is Cc1ccc(C2=C(Nc3ccc(C(C)C)cc3)C(=O)N(Cc3ccccc3Cl)C2=O)cc1C. The topological polar surface area (TPSA) is 49.4 Å². The van der Waals surface area contributed by atoms with E-state index in [9.17, 15) is 9.59 Å². The summed E-state index contributed by atoms with van der Waals surface area (Å²) < 4.78 is 0. The molecule has 2 amide bonds. The summed E-state index contributed by atoms with van der Waals surface area (Å²) >= 11 is 6.32. The van der Waals surface area contributed by atoms with E-state index >= 15 is 0 Å². The largest absolute Gasteiger partial charge is 0.350 e. The predicted octanol–water partition coefficient (Wildman–Crippen LogP) is 6.47. The zero-order chi connectivity index (χ0) is 23.7. The maximum Gasteiger partial charge on any atom is 0.278 e. The second-order valence-electron chi connectivity index (χ2n) is 8.74. The number of amides is 2. The van der Waals surface area contributed by atoms with E-state index in [0.717, 1.165) is 27.9 Å². The lowest BCUT2D eigenvalue weighted by Crippen LogP contribution is -2.32. The first-order valence-corrected chi connectivity index (χ1v) is 11.4. The quantitative estimate of drug-likeness (QED) is 0.430. The summed E-state index contributed by atoms with van der Waals surface area (Å²) in [5.74, 6) is -0.282. The summed E-state index contributed by atoms with van der Waals surface area (Å²) in [4.78, 5) is 28.3. The zero-order valence-corrected chi connectivity index (χ0v) is 20.0. The number of nitrogens with zero attached hydrogens (tertiary/aromatic N) is 1. The Morgan fingerprint density at radius 1 is 0.879 bits per heavy atom. The molecule has 1 N–H and O–H groups in total. The number of nitrogens with one attached hydrogen (secondary N) is 1. The number of hydrogen-bond acceptors (Lipinski definition) is 3. The fourth-order valence-electron chi connectivity index (χ4n) is 3.89. The van der Waals surface area contributed by atoms with Crippen LogP contribution in [0.1, 0.15) is 47.6 Å². The van der Waals surface area contributed by atoms with Crippen LogP contribution in [0, 0.1) is 13.8 Å². The van der Waals surface area contributed by atoms with Crippen LogP contribution < -0.4 is 5.32 Å². The number of hydrogen-bond donors (Lipinski definition) is 1. The van der Waals surface area contributed by atoms with Gasteiger partial charge in [0.15, 0.2) is 0 Å². The Labute approximate surface area is 199 Å². The minimum Gasteiger partial charge on any atom is -0.350 e. The van der Waals surface area contributed by atoms with Crippen molar-refractivity contribution in [3.8, 4) is 0 Å². The molecule has 0 spiro atoms. The molecule has 0 radical (unpaired) electrons. The van der Waals surface area contributed by atoms with Gasteiger partial charge < -0.3 is 5.32 Å². The predicted molar refractivity (Wildman–Crippen MR) is 134 cm³/mol. The number of aryl methyl sites for hydroxylation is 2. The number of anilines is 1. The van der Waals surface area contributed by atoms with Gasteiger partial charge in [-0.3, -0.25) is 14.5 Å². The van der Waals surface area contributed by atoms with Crippen LogP contribution in [0.15, 0.2) is 72.4 Å². The van der Waals surface area contributed by atoms with Crippen LogP contribution in [0.4, 0.5) is 5.69 Å². The van der Waals surface area contributed by atoms with E-state index in [2.05, 4.69) is 19.2 Å². The number of imide groups is 1. The summed E-state index contributed by atoms with van der Waals surface area (Å²) in [5.41, 5.74) is 6.26. The highest BCUT2D eigenvalue weighted by atomic mass is 35.5. The van der Waals surface area contributed by atoms with Gasteiger partial charge >= 0.3 is 0 Å². The third kappa shape index (κ3) is 4.57. The normalized spacial score (nSPS) is 13.9. The van der Waals surface area contributed by atoms with Crippen molar-refractivity contribution >= 4 is 34.7 Å². The molecule has 1 heterocycles. The molecule has 0 bridgehead atoms. The first kappa shape index (κ1) is 22.8. The van der Waals surface area contributed by atoms with E-state index < -0.39 is 0 Å². The molecule has 1 aliphatic heterocycles. The Morgan fingerprint density at radius 3 is 2.21 bits per heavy atom. The lowest BCUT2D eigenvalue weighted by atomic mass is 9.99. The first-order valence-electron chi connectivity index (χ1n) is 11.0. The van der Waals surface area contributed by atoms with E-state index in [1.165, 1.54) is 10.5 Å². The van der Waals surface area contributed by atoms with Gasteiger partial charge in [-0.2, -0.15) is 0 Å². The lowest BCUT2D eigenvalue weighted by Gasteiger charge is -2.16. The van der Waals surface area contributed by atoms with Crippen LogP contribution in [-0.2, 0) is 16.1 Å². The zero-order valence-electron chi connectivity index (χ0n) is 19.3. The molecule has 0 saturated carbocycles. The molecule has 3 aromatic rings. The molecular formula is C28H27ClN2O2. The number of carbonyl (C=O) groups is 2. The first-order chi connectivity index (χ1) is 15.8. The van der Waals surface area contributed by atoms with Crippen molar-refractivity contribution in [3.63, 3.8) is 0 Å². The Bertz CT molecular complexity index is 1260. The van der Waals surface area contributed by atoms with Crippen molar-refractivity contribution in [2.75, 3.05) is 5.32 Å². The highest BCUT2D eigenvalue weighted by Gasteiger charge is 2.39. The van der Waals surface area contributed by atoms with Gasteiger partial charge in [-0.25, -0.2) is 0 Å². The third-order valence-electron chi connectivity index (χ3n) is 6.10. The van der Waals surface area contributed by atoms with Gasteiger partial charge in [-0.1, -0.05) is 74.0 Å². The molecule has 3 aromatic carbocycles. The minimum absolute atomic E-state index is 0.114. The molecule has 0 aliphatic carbocycles. The van der Waals surface area contributed by atoms with E-state index in [4.69, 9.17) is 11.6 Å². The highest BCUT2D eigenvalue weighted by molar-refractivity contribution is 6.36. The third-order valence-corrected chi connectivity index (χ3v) is 6.47. The average molecular weight is 459 g/mol. The van der Waals surface area contributed by atoms with Gasteiger partial charge in [0, 0.05) is 10.7 Å². The summed E-state index contributed by atoms with van der Waals surface area (Å²) in [5, 5.41) is 3.76. The maximum absolute atomic E-state index is 13.5.